The van der Waals surface area contributed by atoms with Crippen molar-refractivity contribution in [2.24, 2.45) is 4.99 Å². The minimum Gasteiger partial charge on any atom is -0.493 e. The predicted octanol–water partition coefficient (Wildman–Crippen LogP) is 7.86. The number of halogens is 3. The molecule has 2 aromatic carbocycles. The first-order chi connectivity index (χ1) is 32.1. The summed E-state index contributed by atoms with van der Waals surface area (Å²) in [4.78, 5) is 45.8. The summed E-state index contributed by atoms with van der Waals surface area (Å²) in [5, 5.41) is 12.0. The number of hydrogen-bond donors (Lipinski definition) is 1. The van der Waals surface area contributed by atoms with E-state index in [1.807, 2.05) is 0 Å². The first-order valence-electron chi connectivity index (χ1n) is 23.4. The number of sulfonamides is 1. The Morgan fingerprint density at radius 1 is 0.871 bits per heavy atom. The van der Waals surface area contributed by atoms with E-state index in [0.717, 1.165) is 22.6 Å². The summed E-state index contributed by atoms with van der Waals surface area (Å²) in [6, 6.07) is 7.86. The maximum atomic E-state index is 14.6. The van der Waals surface area contributed by atoms with E-state index in [-0.39, 0.29) is 88.0 Å². The molecule has 2 saturated heterocycles. The van der Waals surface area contributed by atoms with Crippen molar-refractivity contribution in [3.8, 4) is 5.75 Å². The van der Waals surface area contributed by atoms with Gasteiger partial charge in [0, 0.05) is 38.7 Å². The summed E-state index contributed by atoms with van der Waals surface area (Å²) in [5.74, 6) is -2.27. The first-order valence-corrected chi connectivity index (χ1v) is 25.0. The van der Waals surface area contributed by atoms with Crippen molar-refractivity contribution in [3.63, 3.8) is 0 Å². The average molecular weight is 1010 g/mol. The van der Waals surface area contributed by atoms with Crippen molar-refractivity contribution in [1.82, 2.24) is 14.1 Å². The van der Waals surface area contributed by atoms with Gasteiger partial charge >= 0.3 is 24.3 Å². The Kier molecular flexibility index (Phi) is 17.1. The van der Waals surface area contributed by atoms with E-state index in [2.05, 4.69) is 0 Å². The van der Waals surface area contributed by atoms with Gasteiger partial charge in [0.1, 0.15) is 40.0 Å². The number of carbonyl (C=O) groups excluding carboxylic acids is 3. The van der Waals surface area contributed by atoms with Crippen LogP contribution < -0.4 is 4.74 Å². The molecule has 392 valence electrons. The van der Waals surface area contributed by atoms with Gasteiger partial charge in [-0.2, -0.15) is 13.2 Å². The second-order valence-electron chi connectivity index (χ2n) is 21.4. The van der Waals surface area contributed by atoms with Crippen molar-refractivity contribution in [2.75, 3.05) is 52.3 Å². The number of benzene rings is 2. The maximum Gasteiger partial charge on any atom is 0.418 e. The number of aliphatic hydroxyl groups is 1. The van der Waals surface area contributed by atoms with Gasteiger partial charge in [0.15, 0.2) is 12.0 Å². The Morgan fingerprint density at radius 3 is 2.07 bits per heavy atom. The zero-order chi connectivity index (χ0) is 52.4. The molecule has 3 aliphatic heterocycles. The van der Waals surface area contributed by atoms with Crippen molar-refractivity contribution in [2.45, 2.75) is 162 Å². The van der Waals surface area contributed by atoms with Crippen molar-refractivity contribution in [3.05, 3.63) is 64.2 Å². The number of likely N-dealkylation sites (N-methyl/N-ethyl adjacent to an activating group) is 1. The number of alkyl halides is 3. The molecular formula is C49H71F3N4O13S. The molecular weight excluding hydrogens is 942 g/mol. The Labute approximate surface area is 409 Å². The number of ether oxygens (including phenoxy) is 7. The Morgan fingerprint density at radius 2 is 1.49 bits per heavy atom. The number of amides is 2. The molecule has 2 aromatic rings. The van der Waals surface area contributed by atoms with Crippen LogP contribution in [-0.2, 0) is 51.0 Å². The second kappa shape index (κ2) is 21.3. The molecule has 1 spiro atoms. The molecule has 1 unspecified atom stereocenters. The molecule has 0 radical (unpaired) electrons. The SMILES string of the molecule is Cc1cc(C(=O)OC(C)(C)C)ccc1CCS(=O)(=O)N1CCC2(CC1)N=C(c1cc(OCC[C@@H]3OC(C)(C)O[C@@H]3COCCN(C)C(=O)OC(C)(C)C)cc(C(F)(F)F)c1)N(C(=O)OC(C)(C)C)C2O. The van der Waals surface area contributed by atoms with Crippen LogP contribution >= 0.6 is 0 Å². The molecule has 17 nitrogen and oxygen atoms in total. The van der Waals surface area contributed by atoms with Crippen molar-refractivity contribution in [1.29, 1.82) is 0 Å². The topological polar surface area (TPSA) is 192 Å². The lowest BCUT2D eigenvalue weighted by atomic mass is 9.87. The summed E-state index contributed by atoms with van der Waals surface area (Å²) < 4.78 is 113. The Bertz CT molecular complexity index is 2350. The fourth-order valence-electron chi connectivity index (χ4n) is 8.10. The lowest BCUT2D eigenvalue weighted by molar-refractivity contribution is -0.151. The molecule has 1 N–H and O–H groups in total. The number of esters is 1. The minimum absolute atomic E-state index is 0.0761. The Balaban J connectivity index is 1.31. The molecule has 70 heavy (non-hydrogen) atoms. The molecule has 0 aromatic heterocycles. The number of amidine groups is 1. The number of hydrogen-bond acceptors (Lipinski definition) is 14. The van der Waals surface area contributed by atoms with Gasteiger partial charge in [-0.25, -0.2) is 32.0 Å². The standard InChI is InChI=1S/C49H71F3N4O13S/c1-31-26-33(40(57)67-44(2,3)4)15-14-32(31)17-25-70(61,62)55-20-18-48(19-21-55)41(58)56(43(60)69-46(8,9)10)39(53-48)34-27-35(49(50,51)52)29-36(28-34)64-23-16-37-38(66-47(11,12)65-37)30-63-24-22-54(13)42(59)68-45(5,6)7/h14-15,26-29,37-38,41,58H,16-25,30H2,1-13H3/t37-,38+,41?/m0/s1. The highest BCUT2D eigenvalue weighted by molar-refractivity contribution is 7.89. The zero-order valence-electron chi connectivity index (χ0n) is 42.7. The second-order valence-corrected chi connectivity index (χ2v) is 23.5. The smallest absolute Gasteiger partial charge is 0.418 e. The van der Waals surface area contributed by atoms with Crippen LogP contribution in [0.2, 0.25) is 0 Å². The van der Waals surface area contributed by atoms with Gasteiger partial charge in [-0.3, -0.25) is 4.99 Å². The third-order valence-corrected chi connectivity index (χ3v) is 13.3. The molecule has 0 bridgehead atoms. The largest absolute Gasteiger partial charge is 0.493 e. The number of aliphatic imine (C=N–C) groups is 1. The van der Waals surface area contributed by atoms with E-state index in [9.17, 15) is 41.1 Å². The number of nitrogens with zero attached hydrogens (tertiary/aromatic N) is 4. The van der Waals surface area contributed by atoms with Gasteiger partial charge in [-0.15, -0.1) is 0 Å². The first kappa shape index (κ1) is 56.4. The molecule has 3 heterocycles. The number of aliphatic hydroxyl groups excluding tert-OH is 1. The lowest BCUT2D eigenvalue weighted by Gasteiger charge is -2.39. The summed E-state index contributed by atoms with van der Waals surface area (Å²) in [5.41, 5.74) is -3.45. The molecule has 0 aliphatic carbocycles. The van der Waals surface area contributed by atoms with Crippen LogP contribution in [0.1, 0.15) is 128 Å². The normalized spacial score (nSPS) is 20.8. The van der Waals surface area contributed by atoms with Gasteiger partial charge in [-0.1, -0.05) is 6.07 Å². The van der Waals surface area contributed by atoms with Crippen LogP contribution in [0.3, 0.4) is 0 Å². The van der Waals surface area contributed by atoms with Crippen LogP contribution in [0, 0.1) is 6.92 Å². The molecule has 5 rings (SSSR count). The third-order valence-electron chi connectivity index (χ3n) is 11.5. The number of carbonyl (C=O) groups is 3. The molecule has 3 atom stereocenters. The Hall–Kier alpha value is -4.54. The fraction of sp³-hybridized carbons (Fsp3) is 0.673. The van der Waals surface area contributed by atoms with Gasteiger partial charge in [0.25, 0.3) is 0 Å². The van der Waals surface area contributed by atoms with Crippen LogP contribution in [-0.4, -0.2) is 150 Å². The predicted molar refractivity (Wildman–Crippen MR) is 253 cm³/mol. The number of piperidine rings is 1. The van der Waals surface area contributed by atoms with Crippen LogP contribution in [0.4, 0.5) is 22.8 Å². The summed E-state index contributed by atoms with van der Waals surface area (Å²) in [6.45, 7) is 20.7. The minimum atomic E-state index is -4.87. The molecule has 21 heteroatoms. The van der Waals surface area contributed by atoms with Gasteiger partial charge < -0.3 is 43.2 Å². The van der Waals surface area contributed by atoms with Crippen molar-refractivity contribution >= 4 is 34.0 Å². The van der Waals surface area contributed by atoms with E-state index in [1.165, 1.54) is 15.3 Å². The average Bonchev–Trinajstić information content (AvgIpc) is 3.67. The highest BCUT2D eigenvalue weighted by Gasteiger charge is 2.54. The van der Waals surface area contributed by atoms with E-state index < -0.39 is 86.5 Å². The third kappa shape index (κ3) is 15.2. The summed E-state index contributed by atoms with van der Waals surface area (Å²) in [7, 11) is -2.29. The van der Waals surface area contributed by atoms with Crippen LogP contribution in [0.25, 0.3) is 0 Å². The van der Waals surface area contributed by atoms with Crippen LogP contribution in [0.5, 0.6) is 5.75 Å². The summed E-state index contributed by atoms with van der Waals surface area (Å²) >= 11 is 0. The molecule has 3 aliphatic rings. The highest BCUT2D eigenvalue weighted by Crippen LogP contribution is 2.41. The van der Waals surface area contributed by atoms with E-state index in [4.69, 9.17) is 38.2 Å². The molecule has 2 amide bonds. The highest BCUT2D eigenvalue weighted by atomic mass is 32.2. The van der Waals surface area contributed by atoms with Gasteiger partial charge in [0.2, 0.25) is 10.0 Å². The lowest BCUT2D eigenvalue weighted by Crippen LogP contribution is -2.55. The summed E-state index contributed by atoms with van der Waals surface area (Å²) in [6.07, 6.45) is -9.16. The fourth-order valence-corrected chi connectivity index (χ4v) is 9.58. The zero-order valence-corrected chi connectivity index (χ0v) is 43.5. The maximum absolute atomic E-state index is 14.6. The monoisotopic (exact) mass is 1010 g/mol. The van der Waals surface area contributed by atoms with Gasteiger partial charge in [0.05, 0.1) is 42.8 Å². The van der Waals surface area contributed by atoms with E-state index in [0.29, 0.717) is 11.1 Å². The van der Waals surface area contributed by atoms with E-state index in [1.54, 1.807) is 108 Å². The van der Waals surface area contributed by atoms with Crippen LogP contribution in [0.15, 0.2) is 41.4 Å². The molecule has 0 saturated carbocycles. The van der Waals surface area contributed by atoms with Gasteiger partial charge in [-0.05, 0) is 144 Å². The van der Waals surface area contributed by atoms with Crippen molar-refractivity contribution < 1.29 is 74.2 Å². The quantitative estimate of drug-likeness (QED) is 0.103. The number of rotatable bonds is 15. The number of aryl methyl sites for hydroxylation is 2. The van der Waals surface area contributed by atoms with E-state index >= 15 is 0 Å². The molecule has 2 fully saturated rings.